The van der Waals surface area contributed by atoms with E-state index in [0.717, 1.165) is 0 Å². The molecule has 1 aromatic carbocycles. The normalized spacial score (nSPS) is 10.7. The molecular formula is C16H18N2O4. The first-order valence-electron chi connectivity index (χ1n) is 7.08. The molecule has 0 unspecified atom stereocenters. The highest BCUT2D eigenvalue weighted by atomic mass is 16.3. The lowest BCUT2D eigenvalue weighted by Gasteiger charge is -2.08. The number of rotatable bonds is 5. The largest absolute Gasteiger partial charge is 0.451 e. The zero-order valence-electron chi connectivity index (χ0n) is 12.5. The Hall–Kier alpha value is -2.63. The molecule has 0 bridgehead atoms. The van der Waals surface area contributed by atoms with Gasteiger partial charge < -0.3 is 15.1 Å². The van der Waals surface area contributed by atoms with Crippen molar-refractivity contribution in [2.75, 3.05) is 13.1 Å². The number of carbonyl (C=O) groups is 2. The minimum absolute atomic E-state index is 0.0427. The molecule has 22 heavy (non-hydrogen) atoms. The Kier molecular flexibility index (Phi) is 4.93. The fourth-order valence-electron chi connectivity index (χ4n) is 1.87. The summed E-state index contributed by atoms with van der Waals surface area (Å²) in [7, 11) is 0. The highest BCUT2D eigenvalue weighted by Crippen LogP contribution is 2.11. The minimum atomic E-state index is -0.485. The summed E-state index contributed by atoms with van der Waals surface area (Å²) in [4.78, 5) is 35.2. The van der Waals surface area contributed by atoms with Crippen molar-refractivity contribution in [2.45, 2.75) is 13.8 Å². The number of hydrogen-bond donors (Lipinski definition) is 2. The van der Waals surface area contributed by atoms with E-state index in [9.17, 15) is 14.4 Å². The van der Waals surface area contributed by atoms with E-state index in [1.54, 1.807) is 38.1 Å². The summed E-state index contributed by atoms with van der Waals surface area (Å²) >= 11 is 0. The monoisotopic (exact) mass is 302 g/mol. The Morgan fingerprint density at radius 3 is 2.55 bits per heavy atom. The van der Waals surface area contributed by atoms with Gasteiger partial charge in [-0.1, -0.05) is 26.0 Å². The van der Waals surface area contributed by atoms with Gasteiger partial charge in [0.25, 0.3) is 5.91 Å². The molecule has 0 aliphatic carbocycles. The molecule has 6 heteroatoms. The van der Waals surface area contributed by atoms with E-state index in [1.807, 2.05) is 0 Å². The molecule has 0 atom stereocenters. The predicted octanol–water partition coefficient (Wildman–Crippen LogP) is 1.29. The molecule has 1 heterocycles. The van der Waals surface area contributed by atoms with E-state index in [4.69, 9.17) is 4.42 Å². The van der Waals surface area contributed by atoms with Crippen LogP contribution in [0, 0.1) is 5.92 Å². The van der Waals surface area contributed by atoms with Gasteiger partial charge in [-0.25, -0.2) is 0 Å². The molecule has 2 amide bonds. The molecular weight excluding hydrogens is 284 g/mol. The third kappa shape index (κ3) is 3.72. The van der Waals surface area contributed by atoms with Crippen LogP contribution in [0.25, 0.3) is 11.0 Å². The van der Waals surface area contributed by atoms with E-state index < -0.39 is 5.91 Å². The van der Waals surface area contributed by atoms with Gasteiger partial charge in [0.05, 0.1) is 5.39 Å². The lowest BCUT2D eigenvalue weighted by Crippen LogP contribution is -2.36. The summed E-state index contributed by atoms with van der Waals surface area (Å²) in [6.45, 7) is 4.16. The standard InChI is InChI=1S/C16H18N2O4/c1-10(2)15(20)17-7-8-18-16(21)14-9-12(19)11-5-3-4-6-13(11)22-14/h3-6,9-10H,7-8H2,1-2H3,(H,17,20)(H,18,21). The van der Waals surface area contributed by atoms with Crippen LogP contribution in [0.5, 0.6) is 0 Å². The van der Waals surface area contributed by atoms with Crippen LogP contribution in [0.15, 0.2) is 39.5 Å². The van der Waals surface area contributed by atoms with E-state index >= 15 is 0 Å². The molecule has 116 valence electrons. The molecule has 0 aliphatic rings. The summed E-state index contributed by atoms with van der Waals surface area (Å²) in [6, 6.07) is 7.91. The van der Waals surface area contributed by atoms with Gasteiger partial charge in [0.1, 0.15) is 5.58 Å². The van der Waals surface area contributed by atoms with Crippen LogP contribution < -0.4 is 16.1 Å². The number of amides is 2. The van der Waals surface area contributed by atoms with Gasteiger partial charge in [-0.2, -0.15) is 0 Å². The maximum atomic E-state index is 12.0. The third-order valence-electron chi connectivity index (χ3n) is 3.09. The summed E-state index contributed by atoms with van der Waals surface area (Å²) in [6.07, 6.45) is 0. The lowest BCUT2D eigenvalue weighted by molar-refractivity contribution is -0.123. The molecule has 2 rings (SSSR count). The van der Waals surface area contributed by atoms with Gasteiger partial charge in [0.2, 0.25) is 5.91 Å². The summed E-state index contributed by atoms with van der Waals surface area (Å²) in [5.74, 6) is -0.707. The molecule has 0 radical (unpaired) electrons. The molecule has 0 fully saturated rings. The van der Waals surface area contributed by atoms with Gasteiger partial charge in [0, 0.05) is 25.1 Å². The van der Waals surface area contributed by atoms with Crippen LogP contribution in [-0.4, -0.2) is 24.9 Å². The summed E-state index contributed by atoms with van der Waals surface area (Å²) < 4.78 is 5.42. The average molecular weight is 302 g/mol. The first-order valence-corrected chi connectivity index (χ1v) is 7.08. The molecule has 2 N–H and O–H groups in total. The van der Waals surface area contributed by atoms with Crippen LogP contribution in [0.3, 0.4) is 0 Å². The molecule has 0 saturated carbocycles. The van der Waals surface area contributed by atoms with Crippen molar-refractivity contribution in [3.8, 4) is 0 Å². The Balaban J connectivity index is 1.98. The van der Waals surface area contributed by atoms with E-state index in [1.165, 1.54) is 6.07 Å². The second kappa shape index (κ2) is 6.89. The Morgan fingerprint density at radius 2 is 1.82 bits per heavy atom. The fourth-order valence-corrected chi connectivity index (χ4v) is 1.87. The maximum absolute atomic E-state index is 12.0. The number of benzene rings is 1. The van der Waals surface area contributed by atoms with Crippen molar-refractivity contribution in [1.82, 2.24) is 10.6 Å². The van der Waals surface area contributed by atoms with Crippen LogP contribution in [0.2, 0.25) is 0 Å². The van der Waals surface area contributed by atoms with Crippen LogP contribution in [-0.2, 0) is 4.79 Å². The molecule has 1 aromatic heterocycles. The average Bonchev–Trinajstić information content (AvgIpc) is 2.50. The van der Waals surface area contributed by atoms with Gasteiger partial charge in [-0.3, -0.25) is 14.4 Å². The summed E-state index contributed by atoms with van der Waals surface area (Å²) in [5.41, 5.74) is 0.105. The number of carbonyl (C=O) groups excluding carboxylic acids is 2. The maximum Gasteiger partial charge on any atom is 0.287 e. The predicted molar refractivity (Wildman–Crippen MR) is 82.7 cm³/mol. The first kappa shape index (κ1) is 15.8. The quantitative estimate of drug-likeness (QED) is 0.815. The zero-order chi connectivity index (χ0) is 16.1. The van der Waals surface area contributed by atoms with Crippen LogP contribution in [0.4, 0.5) is 0 Å². The molecule has 2 aromatic rings. The van der Waals surface area contributed by atoms with Crippen molar-refractivity contribution in [2.24, 2.45) is 5.92 Å². The van der Waals surface area contributed by atoms with Crippen molar-refractivity contribution in [1.29, 1.82) is 0 Å². The van der Waals surface area contributed by atoms with Crippen LogP contribution in [0.1, 0.15) is 24.4 Å². The van der Waals surface area contributed by atoms with Crippen molar-refractivity contribution in [3.63, 3.8) is 0 Å². The molecule has 0 aliphatic heterocycles. The zero-order valence-corrected chi connectivity index (χ0v) is 12.5. The van der Waals surface area contributed by atoms with Crippen molar-refractivity contribution < 1.29 is 14.0 Å². The van der Waals surface area contributed by atoms with Gasteiger partial charge in [-0.15, -0.1) is 0 Å². The fraction of sp³-hybridized carbons (Fsp3) is 0.312. The second-order valence-corrected chi connectivity index (χ2v) is 5.17. The SMILES string of the molecule is CC(C)C(=O)NCCNC(=O)c1cc(=O)c2ccccc2o1. The smallest absolute Gasteiger partial charge is 0.287 e. The van der Waals surface area contributed by atoms with Crippen molar-refractivity contribution >= 4 is 22.8 Å². The van der Waals surface area contributed by atoms with Gasteiger partial charge in [-0.05, 0) is 12.1 Å². The number of fused-ring (bicyclic) bond motifs is 1. The van der Waals surface area contributed by atoms with Crippen LogP contribution >= 0.6 is 0 Å². The molecule has 0 spiro atoms. The number of para-hydroxylation sites is 1. The summed E-state index contributed by atoms with van der Waals surface area (Å²) in [5, 5.41) is 5.72. The third-order valence-corrected chi connectivity index (χ3v) is 3.09. The molecule has 0 saturated heterocycles. The number of hydrogen-bond acceptors (Lipinski definition) is 4. The number of nitrogens with one attached hydrogen (secondary N) is 2. The Labute approximate surface area is 127 Å². The Bertz CT molecular complexity index is 749. The van der Waals surface area contributed by atoms with E-state index in [-0.39, 0.29) is 29.6 Å². The van der Waals surface area contributed by atoms with E-state index in [0.29, 0.717) is 17.5 Å². The lowest BCUT2D eigenvalue weighted by atomic mass is 10.2. The molecule has 6 nitrogen and oxygen atoms in total. The second-order valence-electron chi connectivity index (χ2n) is 5.17. The first-order chi connectivity index (χ1) is 10.5. The van der Waals surface area contributed by atoms with Crippen molar-refractivity contribution in [3.05, 3.63) is 46.3 Å². The van der Waals surface area contributed by atoms with Gasteiger partial charge in [0.15, 0.2) is 11.2 Å². The highest BCUT2D eigenvalue weighted by Gasteiger charge is 2.12. The topological polar surface area (TPSA) is 88.4 Å². The minimum Gasteiger partial charge on any atom is -0.451 e. The Morgan fingerprint density at radius 1 is 1.14 bits per heavy atom. The highest BCUT2D eigenvalue weighted by molar-refractivity contribution is 5.93. The van der Waals surface area contributed by atoms with E-state index in [2.05, 4.69) is 10.6 Å². The van der Waals surface area contributed by atoms with Gasteiger partial charge >= 0.3 is 0 Å².